The van der Waals surface area contributed by atoms with Gasteiger partial charge in [0, 0.05) is 24.3 Å². The van der Waals surface area contributed by atoms with Gasteiger partial charge in [-0.3, -0.25) is 4.79 Å². The summed E-state index contributed by atoms with van der Waals surface area (Å²) in [6, 6.07) is 2.93. The number of aliphatic hydroxyl groups excluding tert-OH is 1. The number of carbonyl (C=O) groups is 1. The molecule has 1 aliphatic rings. The minimum absolute atomic E-state index is 0.0585. The van der Waals surface area contributed by atoms with Crippen molar-refractivity contribution in [1.82, 2.24) is 0 Å². The average molecular weight is 298 g/mol. The van der Waals surface area contributed by atoms with E-state index in [9.17, 15) is 9.90 Å². The van der Waals surface area contributed by atoms with Crippen LogP contribution < -0.4 is 16.0 Å². The number of amides is 1. The van der Waals surface area contributed by atoms with Crippen LogP contribution in [0.3, 0.4) is 0 Å². The van der Waals surface area contributed by atoms with Gasteiger partial charge in [0.1, 0.15) is 6.04 Å². The van der Waals surface area contributed by atoms with Gasteiger partial charge in [-0.25, -0.2) is 0 Å². The summed E-state index contributed by atoms with van der Waals surface area (Å²) in [4.78, 5) is 13.6. The van der Waals surface area contributed by atoms with Crippen molar-refractivity contribution in [1.29, 1.82) is 0 Å². The number of fused-ring (bicyclic) bond motifs is 1. The quantitative estimate of drug-likeness (QED) is 0.749. The van der Waals surface area contributed by atoms with E-state index in [4.69, 9.17) is 17.3 Å². The molecule has 1 heterocycles. The first-order chi connectivity index (χ1) is 9.58. The van der Waals surface area contributed by atoms with Crippen molar-refractivity contribution >= 4 is 28.9 Å². The molecule has 1 unspecified atom stereocenters. The number of benzene rings is 1. The Kier molecular flexibility index (Phi) is 4.86. The predicted molar refractivity (Wildman–Crippen MR) is 81.2 cm³/mol. The number of hydrogen-bond donors (Lipinski definition) is 3. The first-order valence-corrected chi connectivity index (χ1v) is 7.22. The topological polar surface area (TPSA) is 78.6 Å². The van der Waals surface area contributed by atoms with Gasteiger partial charge in [0.25, 0.3) is 0 Å². The van der Waals surface area contributed by atoms with E-state index in [1.54, 1.807) is 6.07 Å². The summed E-state index contributed by atoms with van der Waals surface area (Å²) in [5.41, 5.74) is 8.06. The fraction of sp³-hybridized carbons (Fsp3) is 0.500. The van der Waals surface area contributed by atoms with Gasteiger partial charge < -0.3 is 21.1 Å². The molecule has 110 valence electrons. The predicted octanol–water partition coefficient (Wildman–Crippen LogP) is 1.89. The van der Waals surface area contributed by atoms with Crippen LogP contribution in [0.25, 0.3) is 0 Å². The second-order valence-electron chi connectivity index (χ2n) is 4.92. The van der Waals surface area contributed by atoms with E-state index in [1.165, 1.54) is 0 Å². The van der Waals surface area contributed by atoms with Crippen LogP contribution in [0.1, 0.15) is 31.4 Å². The summed E-state index contributed by atoms with van der Waals surface area (Å²) in [6.45, 7) is 3.50. The van der Waals surface area contributed by atoms with Crippen molar-refractivity contribution in [2.45, 2.75) is 25.8 Å². The van der Waals surface area contributed by atoms with Gasteiger partial charge in [0.2, 0.25) is 5.91 Å². The number of nitrogens with two attached hydrogens (primary N) is 1. The largest absolute Gasteiger partial charge is 0.395 e. The highest BCUT2D eigenvalue weighted by Gasteiger charge is 2.29. The van der Waals surface area contributed by atoms with Crippen LogP contribution in [0.2, 0.25) is 5.02 Å². The number of unbranched alkanes of at least 4 members (excludes halogenated alkanes) is 1. The van der Waals surface area contributed by atoms with E-state index < -0.39 is 6.04 Å². The Balaban J connectivity index is 2.32. The van der Waals surface area contributed by atoms with Gasteiger partial charge in [-0.05, 0) is 18.6 Å². The van der Waals surface area contributed by atoms with E-state index in [0.717, 1.165) is 30.6 Å². The maximum absolute atomic E-state index is 11.6. The number of hydrogen-bond acceptors (Lipinski definition) is 4. The number of aliphatic hydroxyl groups is 1. The van der Waals surface area contributed by atoms with Crippen LogP contribution in [0, 0.1) is 0 Å². The molecule has 0 aliphatic carbocycles. The molecule has 1 aromatic carbocycles. The fourth-order valence-corrected chi connectivity index (χ4v) is 2.65. The molecule has 0 radical (unpaired) electrons. The molecule has 0 bridgehead atoms. The molecule has 5 nitrogen and oxygen atoms in total. The van der Waals surface area contributed by atoms with E-state index in [-0.39, 0.29) is 12.5 Å². The molecule has 20 heavy (non-hydrogen) atoms. The highest BCUT2D eigenvalue weighted by atomic mass is 35.5. The third-order valence-corrected chi connectivity index (χ3v) is 3.79. The molecule has 0 spiro atoms. The van der Waals surface area contributed by atoms with Crippen LogP contribution in [-0.4, -0.2) is 30.7 Å². The van der Waals surface area contributed by atoms with Crippen molar-refractivity contribution < 1.29 is 9.90 Å². The number of carbonyl (C=O) groups excluding carboxylic acids is 1. The lowest BCUT2D eigenvalue weighted by atomic mass is 10.1. The maximum atomic E-state index is 11.6. The molecule has 1 aliphatic heterocycles. The van der Waals surface area contributed by atoms with Crippen molar-refractivity contribution in [3.63, 3.8) is 0 Å². The number of nitrogens with one attached hydrogen (secondary N) is 1. The lowest BCUT2D eigenvalue weighted by Gasteiger charge is -2.25. The second kappa shape index (κ2) is 6.43. The summed E-state index contributed by atoms with van der Waals surface area (Å²) in [5.74, 6) is -0.213. The van der Waals surface area contributed by atoms with Crippen molar-refractivity contribution in [2.75, 3.05) is 29.9 Å². The number of rotatable bonds is 6. The van der Waals surface area contributed by atoms with Crippen LogP contribution in [-0.2, 0) is 4.79 Å². The molecule has 0 saturated heterocycles. The monoisotopic (exact) mass is 297 g/mol. The van der Waals surface area contributed by atoms with Crippen molar-refractivity contribution in [2.24, 2.45) is 5.73 Å². The Morgan fingerprint density at radius 2 is 2.20 bits per heavy atom. The number of halogens is 1. The third kappa shape index (κ3) is 2.90. The van der Waals surface area contributed by atoms with E-state index in [0.29, 0.717) is 17.3 Å². The van der Waals surface area contributed by atoms with Crippen molar-refractivity contribution in [3.05, 3.63) is 22.7 Å². The highest BCUT2D eigenvalue weighted by Crippen LogP contribution is 2.38. The van der Waals surface area contributed by atoms with Gasteiger partial charge >= 0.3 is 0 Å². The van der Waals surface area contributed by atoms with Gasteiger partial charge in [-0.1, -0.05) is 24.9 Å². The number of anilines is 2. The molecule has 0 fully saturated rings. The summed E-state index contributed by atoms with van der Waals surface area (Å²) >= 11 is 6.31. The van der Waals surface area contributed by atoms with Gasteiger partial charge in [-0.15, -0.1) is 0 Å². The Bertz CT molecular complexity index is 507. The average Bonchev–Trinajstić information content (AvgIpc) is 2.70. The van der Waals surface area contributed by atoms with Crippen LogP contribution in [0.15, 0.2) is 12.1 Å². The lowest BCUT2D eigenvalue weighted by molar-refractivity contribution is -0.116. The van der Waals surface area contributed by atoms with Crippen LogP contribution in [0.4, 0.5) is 11.4 Å². The summed E-state index contributed by atoms with van der Waals surface area (Å²) in [5, 5.41) is 12.5. The van der Waals surface area contributed by atoms with E-state index in [2.05, 4.69) is 12.2 Å². The molecule has 0 aromatic heterocycles. The normalized spacial score (nSPS) is 17.0. The SMILES string of the molecule is CCCCN(CCO)c1cc2c(cc1Cl)C(N)C(=O)N2. The molecule has 1 aromatic rings. The van der Waals surface area contributed by atoms with E-state index >= 15 is 0 Å². The molecular weight excluding hydrogens is 278 g/mol. The van der Waals surface area contributed by atoms with Crippen LogP contribution in [0.5, 0.6) is 0 Å². The van der Waals surface area contributed by atoms with Gasteiger partial charge in [0.15, 0.2) is 0 Å². The molecule has 0 saturated carbocycles. The fourth-order valence-electron chi connectivity index (χ4n) is 2.36. The van der Waals surface area contributed by atoms with Gasteiger partial charge in [0.05, 0.1) is 17.3 Å². The number of nitrogens with zero attached hydrogens (tertiary/aromatic N) is 1. The Morgan fingerprint density at radius 1 is 1.45 bits per heavy atom. The zero-order chi connectivity index (χ0) is 14.7. The molecule has 4 N–H and O–H groups in total. The summed E-state index contributed by atoms with van der Waals surface area (Å²) in [6.07, 6.45) is 2.07. The first-order valence-electron chi connectivity index (χ1n) is 6.84. The van der Waals surface area contributed by atoms with Crippen LogP contribution >= 0.6 is 11.6 Å². The lowest BCUT2D eigenvalue weighted by Crippen LogP contribution is -2.28. The minimum Gasteiger partial charge on any atom is -0.395 e. The second-order valence-corrected chi connectivity index (χ2v) is 5.33. The molecule has 1 amide bonds. The summed E-state index contributed by atoms with van der Waals surface area (Å²) in [7, 11) is 0. The standard InChI is InChI=1S/C14H20ClN3O2/c1-2-3-4-18(5-6-19)12-8-11-9(7-10(12)15)13(16)14(20)17-11/h7-8,13,19H,2-6,16H2,1H3,(H,17,20). The Labute approximate surface area is 123 Å². The smallest absolute Gasteiger partial charge is 0.245 e. The molecular formula is C14H20ClN3O2. The zero-order valence-corrected chi connectivity index (χ0v) is 12.3. The molecule has 2 rings (SSSR count). The third-order valence-electron chi connectivity index (χ3n) is 3.49. The Morgan fingerprint density at radius 3 is 2.85 bits per heavy atom. The first kappa shape index (κ1) is 15.1. The highest BCUT2D eigenvalue weighted by molar-refractivity contribution is 6.33. The van der Waals surface area contributed by atoms with Gasteiger partial charge in [-0.2, -0.15) is 0 Å². The molecule has 6 heteroatoms. The molecule has 1 atom stereocenters. The summed E-state index contributed by atoms with van der Waals surface area (Å²) < 4.78 is 0. The van der Waals surface area contributed by atoms with E-state index in [1.807, 2.05) is 11.0 Å². The minimum atomic E-state index is -0.654. The Hall–Kier alpha value is -1.30. The zero-order valence-electron chi connectivity index (χ0n) is 11.5. The van der Waals surface area contributed by atoms with Crippen molar-refractivity contribution in [3.8, 4) is 0 Å². The maximum Gasteiger partial charge on any atom is 0.245 e.